The zero-order valence-electron chi connectivity index (χ0n) is 23.5. The maximum atomic E-state index is 14.5. The molecule has 8 heteroatoms. The number of likely N-dealkylation sites (N-methyl/N-ethyl adjacent to an activating group) is 1. The summed E-state index contributed by atoms with van der Waals surface area (Å²) in [5, 5.41) is 5.40. The number of carbonyl (C=O) groups is 1. The second-order valence-corrected chi connectivity index (χ2v) is 12.4. The highest BCUT2D eigenvalue weighted by atomic mass is 35.5. The molecule has 0 bridgehead atoms. The van der Waals surface area contributed by atoms with Gasteiger partial charge in [-0.05, 0) is 91.3 Å². The Kier molecular flexibility index (Phi) is 8.14. The molecule has 0 radical (unpaired) electrons. The molecule has 42 heavy (non-hydrogen) atoms. The van der Waals surface area contributed by atoms with Crippen LogP contribution in [0.5, 0.6) is 0 Å². The summed E-state index contributed by atoms with van der Waals surface area (Å²) < 4.78 is 28.9. The molecule has 218 valence electrons. The highest BCUT2D eigenvalue weighted by Crippen LogP contribution is 2.46. The summed E-state index contributed by atoms with van der Waals surface area (Å²) in [6, 6.07) is 20.8. The first-order valence-corrected chi connectivity index (χ1v) is 15.1. The van der Waals surface area contributed by atoms with Crippen molar-refractivity contribution in [3.8, 4) is 0 Å². The Morgan fingerprint density at radius 3 is 2.50 bits per heavy atom. The molecule has 0 aromatic heterocycles. The van der Waals surface area contributed by atoms with Gasteiger partial charge in [-0.3, -0.25) is 4.79 Å². The van der Waals surface area contributed by atoms with Crippen molar-refractivity contribution in [2.75, 3.05) is 44.7 Å². The Bertz CT molecular complexity index is 1640. The summed E-state index contributed by atoms with van der Waals surface area (Å²) in [5.74, 6) is -0.771. The molecule has 1 atom stereocenters. The zero-order valence-corrected chi connectivity index (χ0v) is 25.0. The number of piperidine rings is 1. The van der Waals surface area contributed by atoms with Crippen LogP contribution in [0.2, 0.25) is 10.0 Å². The quantitative estimate of drug-likeness (QED) is 0.233. The van der Waals surface area contributed by atoms with E-state index in [4.69, 9.17) is 23.2 Å². The van der Waals surface area contributed by atoms with Crippen molar-refractivity contribution in [1.82, 2.24) is 10.2 Å². The molecule has 4 aromatic carbocycles. The van der Waals surface area contributed by atoms with Crippen LogP contribution < -0.4 is 10.2 Å². The SMILES string of the molecule is CN(C[C@@H](CCN1CC2(CCNCC2)c2cc(F)ccc21)c1ccc(Cl)c(Cl)c1)C(=O)c1ccc(F)c2ccccc12. The van der Waals surface area contributed by atoms with Gasteiger partial charge in [-0.25, -0.2) is 8.78 Å². The Morgan fingerprint density at radius 1 is 0.976 bits per heavy atom. The van der Waals surface area contributed by atoms with Crippen molar-refractivity contribution in [1.29, 1.82) is 0 Å². The average molecular weight is 609 g/mol. The Hall–Kier alpha value is -3.19. The summed E-state index contributed by atoms with van der Waals surface area (Å²) >= 11 is 12.7. The third-order valence-electron chi connectivity index (χ3n) is 9.03. The molecule has 4 nitrogen and oxygen atoms in total. The standard InChI is InChI=1S/C34H33Cl2F2N3O/c1-40(33(42)27-8-10-31(38)26-5-3-2-4-25(26)27)20-23(22-6-9-29(35)30(36)18-22)12-17-41-21-34(13-15-39-16-14-34)28-19-24(37)7-11-32(28)41/h2-11,18-19,23,39H,12-17,20-21H2,1H3/t23-/m1/s1. The van der Waals surface area contributed by atoms with Gasteiger partial charge in [-0.15, -0.1) is 0 Å². The lowest BCUT2D eigenvalue weighted by atomic mass is 9.75. The summed E-state index contributed by atoms with van der Waals surface area (Å²) in [6.45, 7) is 3.85. The Labute approximate surface area is 255 Å². The number of hydrogen-bond donors (Lipinski definition) is 1. The minimum absolute atomic E-state index is 0.0473. The molecule has 1 amide bonds. The lowest BCUT2D eigenvalue weighted by Gasteiger charge is -2.35. The molecule has 0 aliphatic carbocycles. The van der Waals surface area contributed by atoms with E-state index in [0.29, 0.717) is 32.9 Å². The van der Waals surface area contributed by atoms with E-state index in [1.807, 2.05) is 24.3 Å². The molecule has 0 unspecified atom stereocenters. The van der Waals surface area contributed by atoms with Gasteiger partial charge in [0.2, 0.25) is 0 Å². The van der Waals surface area contributed by atoms with Gasteiger partial charge in [0.15, 0.2) is 0 Å². The van der Waals surface area contributed by atoms with E-state index >= 15 is 0 Å². The van der Waals surface area contributed by atoms with Crippen molar-refractivity contribution < 1.29 is 13.6 Å². The highest BCUT2D eigenvalue weighted by Gasteiger charge is 2.43. The van der Waals surface area contributed by atoms with Crippen molar-refractivity contribution in [3.05, 3.63) is 111 Å². The fourth-order valence-electron chi connectivity index (χ4n) is 6.79. The van der Waals surface area contributed by atoms with Crippen LogP contribution in [0.1, 0.15) is 46.7 Å². The molecule has 6 rings (SSSR count). The fraction of sp³-hybridized carbons (Fsp3) is 0.324. The van der Waals surface area contributed by atoms with Gasteiger partial charge in [0.05, 0.1) is 10.0 Å². The van der Waals surface area contributed by atoms with Crippen molar-refractivity contribution in [3.63, 3.8) is 0 Å². The van der Waals surface area contributed by atoms with E-state index in [9.17, 15) is 13.6 Å². The average Bonchev–Trinajstić information content (AvgIpc) is 3.28. The van der Waals surface area contributed by atoms with Gasteiger partial charge in [0, 0.05) is 54.7 Å². The van der Waals surface area contributed by atoms with E-state index in [2.05, 4.69) is 10.2 Å². The number of benzene rings is 4. The maximum absolute atomic E-state index is 14.5. The molecular formula is C34H33Cl2F2N3O. The number of hydrogen-bond acceptors (Lipinski definition) is 3. The molecule has 0 saturated carbocycles. The van der Waals surface area contributed by atoms with Crippen LogP contribution >= 0.6 is 23.2 Å². The molecule has 4 aromatic rings. The first-order valence-electron chi connectivity index (χ1n) is 14.4. The molecule has 1 saturated heterocycles. The third-order valence-corrected chi connectivity index (χ3v) is 9.77. The lowest BCUT2D eigenvalue weighted by molar-refractivity contribution is 0.0787. The second-order valence-electron chi connectivity index (χ2n) is 11.6. The van der Waals surface area contributed by atoms with Crippen LogP contribution in [0.3, 0.4) is 0 Å². The van der Waals surface area contributed by atoms with Crippen LogP contribution in [0.4, 0.5) is 14.5 Å². The number of anilines is 1. The second kappa shape index (κ2) is 11.8. The first kappa shape index (κ1) is 28.9. The van der Waals surface area contributed by atoms with Crippen LogP contribution in [0.15, 0.2) is 72.8 Å². The summed E-state index contributed by atoms with van der Waals surface area (Å²) in [5.41, 5.74) is 3.59. The largest absolute Gasteiger partial charge is 0.370 e. The van der Waals surface area contributed by atoms with Crippen LogP contribution in [-0.2, 0) is 5.41 Å². The number of fused-ring (bicyclic) bond motifs is 3. The maximum Gasteiger partial charge on any atom is 0.254 e. The summed E-state index contributed by atoms with van der Waals surface area (Å²) in [4.78, 5) is 17.8. The van der Waals surface area contributed by atoms with Gasteiger partial charge in [0.1, 0.15) is 11.6 Å². The highest BCUT2D eigenvalue weighted by molar-refractivity contribution is 6.42. The number of carbonyl (C=O) groups excluding carboxylic acids is 1. The number of halogens is 4. The van der Waals surface area contributed by atoms with Gasteiger partial charge in [0.25, 0.3) is 5.91 Å². The molecule has 2 aliphatic rings. The fourth-order valence-corrected chi connectivity index (χ4v) is 7.09. The minimum atomic E-state index is -0.351. The molecular weight excluding hydrogens is 575 g/mol. The van der Waals surface area contributed by atoms with Crippen LogP contribution in [0, 0.1) is 11.6 Å². The molecule has 1 spiro atoms. The van der Waals surface area contributed by atoms with Gasteiger partial charge >= 0.3 is 0 Å². The summed E-state index contributed by atoms with van der Waals surface area (Å²) in [7, 11) is 1.78. The molecule has 2 aliphatic heterocycles. The van der Waals surface area contributed by atoms with E-state index < -0.39 is 0 Å². The normalized spacial score (nSPS) is 16.5. The smallest absolute Gasteiger partial charge is 0.254 e. The van der Waals surface area contributed by atoms with E-state index in [1.54, 1.807) is 54.4 Å². The van der Waals surface area contributed by atoms with E-state index in [1.165, 1.54) is 6.07 Å². The summed E-state index contributed by atoms with van der Waals surface area (Å²) in [6.07, 6.45) is 2.68. The topological polar surface area (TPSA) is 35.6 Å². The Balaban J connectivity index is 1.27. The lowest BCUT2D eigenvalue weighted by Crippen LogP contribution is -2.43. The van der Waals surface area contributed by atoms with Crippen molar-refractivity contribution in [2.45, 2.75) is 30.6 Å². The van der Waals surface area contributed by atoms with Gasteiger partial charge in [-0.1, -0.05) is 53.5 Å². The molecule has 1 fully saturated rings. The predicted molar refractivity (Wildman–Crippen MR) is 167 cm³/mol. The Morgan fingerprint density at radius 2 is 1.74 bits per heavy atom. The zero-order chi connectivity index (χ0) is 29.4. The van der Waals surface area contributed by atoms with Crippen LogP contribution in [-0.4, -0.2) is 50.6 Å². The first-order chi connectivity index (χ1) is 20.3. The van der Waals surface area contributed by atoms with Gasteiger partial charge < -0.3 is 15.1 Å². The minimum Gasteiger partial charge on any atom is -0.370 e. The van der Waals surface area contributed by atoms with Crippen molar-refractivity contribution >= 4 is 45.6 Å². The number of nitrogens with zero attached hydrogens (tertiary/aromatic N) is 2. The van der Waals surface area contributed by atoms with E-state index in [-0.39, 0.29) is 28.9 Å². The molecule has 2 heterocycles. The third kappa shape index (κ3) is 5.48. The van der Waals surface area contributed by atoms with E-state index in [0.717, 1.165) is 62.3 Å². The van der Waals surface area contributed by atoms with Gasteiger partial charge in [-0.2, -0.15) is 0 Å². The monoisotopic (exact) mass is 607 g/mol. The van der Waals surface area contributed by atoms with Crippen LogP contribution in [0.25, 0.3) is 10.8 Å². The molecule has 1 N–H and O–H groups in total. The number of rotatable bonds is 7. The number of amides is 1. The predicted octanol–water partition coefficient (Wildman–Crippen LogP) is 7.81. The number of nitrogens with one attached hydrogen (secondary N) is 1. The van der Waals surface area contributed by atoms with Crippen molar-refractivity contribution in [2.24, 2.45) is 0 Å².